The molecule has 1 aliphatic heterocycles. The lowest BCUT2D eigenvalue weighted by atomic mass is 10.1. The van der Waals surface area contributed by atoms with Gasteiger partial charge in [0.1, 0.15) is 6.04 Å². The average Bonchev–Trinajstić information content (AvgIpc) is 3.66. The minimum absolute atomic E-state index is 0.0803. The van der Waals surface area contributed by atoms with Crippen LogP contribution in [0.1, 0.15) is 83.2 Å². The van der Waals surface area contributed by atoms with Gasteiger partial charge >= 0.3 is 0 Å². The standard InChI is InChI=1S/C36H42N4O4/c1-36(2,3)43-30-24-31(33-37-32(38-44-33)17-11-16-26-12-7-5-8-13-26)40(25-30)35(42)29-20-18-28(19-21-29)34(41)39(4)23-22-27-14-9-6-10-15-27/h5-10,12-15,18-21,30-31H,11,16-17,22-25H2,1-4H3/t30-,31+/m1/s1. The molecule has 0 aliphatic carbocycles. The van der Waals surface area contributed by atoms with Gasteiger partial charge in [0.2, 0.25) is 5.89 Å². The molecule has 230 valence electrons. The van der Waals surface area contributed by atoms with Crippen LogP contribution in [0.15, 0.2) is 89.5 Å². The van der Waals surface area contributed by atoms with Crippen molar-refractivity contribution in [2.45, 2.75) is 70.6 Å². The molecule has 0 saturated carbocycles. The second-order valence-corrected chi connectivity index (χ2v) is 12.5. The summed E-state index contributed by atoms with van der Waals surface area (Å²) in [5.74, 6) is 0.834. The number of likely N-dealkylation sites (tertiary alicyclic amines) is 1. The first-order valence-electron chi connectivity index (χ1n) is 15.4. The Labute approximate surface area is 260 Å². The number of ether oxygens (including phenoxy) is 1. The summed E-state index contributed by atoms with van der Waals surface area (Å²) in [6.07, 6.45) is 3.70. The lowest BCUT2D eigenvalue weighted by molar-refractivity contribution is -0.0535. The molecule has 0 N–H and O–H groups in total. The first-order valence-corrected chi connectivity index (χ1v) is 15.4. The maximum absolute atomic E-state index is 13.8. The molecule has 8 heteroatoms. The monoisotopic (exact) mass is 594 g/mol. The second kappa shape index (κ2) is 14.0. The SMILES string of the molecule is CN(CCc1ccccc1)C(=O)c1ccc(C(=O)N2C[C@H](OC(C)(C)C)C[C@H]2c2nc(CCCc3ccccc3)no2)cc1. The Bertz CT molecular complexity index is 1510. The first-order chi connectivity index (χ1) is 21.2. The fraction of sp³-hybridized carbons (Fsp3) is 0.389. The molecule has 0 unspecified atom stereocenters. The summed E-state index contributed by atoms with van der Waals surface area (Å²) in [6, 6.07) is 26.9. The first kappa shape index (κ1) is 31.1. The lowest BCUT2D eigenvalue weighted by Gasteiger charge is -2.25. The Morgan fingerprint density at radius 3 is 2.14 bits per heavy atom. The van der Waals surface area contributed by atoms with Crippen LogP contribution < -0.4 is 0 Å². The van der Waals surface area contributed by atoms with E-state index in [1.54, 1.807) is 41.1 Å². The van der Waals surface area contributed by atoms with Crippen molar-refractivity contribution in [2.24, 2.45) is 0 Å². The molecule has 1 fully saturated rings. The molecule has 44 heavy (non-hydrogen) atoms. The summed E-state index contributed by atoms with van der Waals surface area (Å²) in [7, 11) is 1.80. The number of carbonyl (C=O) groups excluding carboxylic acids is 2. The largest absolute Gasteiger partial charge is 0.371 e. The molecular weight excluding hydrogens is 552 g/mol. The van der Waals surface area contributed by atoms with Crippen LogP contribution in [0.3, 0.4) is 0 Å². The van der Waals surface area contributed by atoms with Gasteiger partial charge in [0, 0.05) is 44.1 Å². The van der Waals surface area contributed by atoms with Crippen LogP contribution in [-0.4, -0.2) is 63.6 Å². The van der Waals surface area contributed by atoms with Crippen molar-refractivity contribution in [1.29, 1.82) is 0 Å². The van der Waals surface area contributed by atoms with E-state index in [0.717, 1.165) is 19.3 Å². The molecular formula is C36H42N4O4. The van der Waals surface area contributed by atoms with E-state index in [1.165, 1.54) is 11.1 Å². The van der Waals surface area contributed by atoms with Crippen LogP contribution in [0, 0.1) is 0 Å². The number of rotatable bonds is 11. The quantitative estimate of drug-likeness (QED) is 0.202. The molecule has 0 spiro atoms. The van der Waals surface area contributed by atoms with Gasteiger partial charge in [0.15, 0.2) is 5.82 Å². The van der Waals surface area contributed by atoms with Crippen molar-refractivity contribution in [2.75, 3.05) is 20.1 Å². The summed E-state index contributed by atoms with van der Waals surface area (Å²) in [5.41, 5.74) is 3.14. The number of hydrogen-bond donors (Lipinski definition) is 0. The van der Waals surface area contributed by atoms with E-state index in [2.05, 4.69) is 29.4 Å². The highest BCUT2D eigenvalue weighted by Gasteiger charge is 2.41. The van der Waals surface area contributed by atoms with Gasteiger partial charge in [0.05, 0.1) is 11.7 Å². The molecule has 8 nitrogen and oxygen atoms in total. The zero-order chi connectivity index (χ0) is 31.1. The molecule has 1 saturated heterocycles. The number of likely N-dealkylation sites (N-methyl/N-ethyl adjacent to an activating group) is 1. The number of nitrogens with zero attached hydrogens (tertiary/aromatic N) is 4. The minimum atomic E-state index is -0.393. The highest BCUT2D eigenvalue weighted by Crippen LogP contribution is 2.35. The van der Waals surface area contributed by atoms with Crippen LogP contribution >= 0.6 is 0 Å². The third kappa shape index (κ3) is 8.20. The van der Waals surface area contributed by atoms with Gasteiger partial charge in [-0.15, -0.1) is 0 Å². The number of amides is 2. The molecule has 0 radical (unpaired) electrons. The number of benzene rings is 3. The fourth-order valence-corrected chi connectivity index (χ4v) is 5.63. The van der Waals surface area contributed by atoms with Gasteiger partial charge in [-0.25, -0.2) is 0 Å². The zero-order valence-corrected chi connectivity index (χ0v) is 26.1. The van der Waals surface area contributed by atoms with Gasteiger partial charge in [-0.3, -0.25) is 9.59 Å². The van der Waals surface area contributed by atoms with Crippen LogP contribution in [-0.2, 0) is 24.0 Å². The van der Waals surface area contributed by atoms with Crippen molar-refractivity contribution < 1.29 is 18.8 Å². The molecule has 3 aromatic carbocycles. The number of aryl methyl sites for hydroxylation is 2. The van der Waals surface area contributed by atoms with Gasteiger partial charge in [-0.05, 0) is 75.4 Å². The minimum Gasteiger partial charge on any atom is -0.371 e. The normalized spacial score (nSPS) is 16.7. The number of hydrogen-bond acceptors (Lipinski definition) is 6. The Balaban J connectivity index is 1.25. The highest BCUT2D eigenvalue weighted by molar-refractivity contribution is 5.98. The third-order valence-electron chi connectivity index (χ3n) is 7.83. The van der Waals surface area contributed by atoms with Crippen molar-refractivity contribution in [3.63, 3.8) is 0 Å². The Morgan fingerprint density at radius 1 is 0.886 bits per heavy atom. The second-order valence-electron chi connectivity index (χ2n) is 12.5. The lowest BCUT2D eigenvalue weighted by Crippen LogP contribution is -2.34. The molecule has 1 aliphatic rings. The molecule has 2 amide bonds. The van der Waals surface area contributed by atoms with Gasteiger partial charge in [-0.1, -0.05) is 65.8 Å². The molecule has 0 bridgehead atoms. The van der Waals surface area contributed by atoms with Crippen LogP contribution in [0.2, 0.25) is 0 Å². The van der Waals surface area contributed by atoms with E-state index in [4.69, 9.17) is 14.2 Å². The predicted molar refractivity (Wildman–Crippen MR) is 169 cm³/mol. The summed E-state index contributed by atoms with van der Waals surface area (Å²) < 4.78 is 12.0. The number of carbonyl (C=O) groups is 2. The average molecular weight is 595 g/mol. The van der Waals surface area contributed by atoms with Gasteiger partial charge in [-0.2, -0.15) is 4.98 Å². The fourth-order valence-electron chi connectivity index (χ4n) is 5.63. The van der Waals surface area contributed by atoms with E-state index in [0.29, 0.717) is 48.8 Å². The summed E-state index contributed by atoms with van der Waals surface area (Å²) in [6.45, 7) is 7.05. The molecule has 5 rings (SSSR count). The predicted octanol–water partition coefficient (Wildman–Crippen LogP) is 6.33. The zero-order valence-electron chi connectivity index (χ0n) is 26.1. The van der Waals surface area contributed by atoms with Gasteiger partial charge < -0.3 is 19.1 Å². The van der Waals surface area contributed by atoms with Crippen molar-refractivity contribution >= 4 is 11.8 Å². The maximum atomic E-state index is 13.8. The van der Waals surface area contributed by atoms with E-state index < -0.39 is 6.04 Å². The van der Waals surface area contributed by atoms with Crippen LogP contribution in [0.5, 0.6) is 0 Å². The maximum Gasteiger partial charge on any atom is 0.254 e. The van der Waals surface area contributed by atoms with Crippen LogP contribution in [0.4, 0.5) is 0 Å². The van der Waals surface area contributed by atoms with Crippen molar-refractivity contribution in [3.8, 4) is 0 Å². The molecule has 1 aromatic heterocycles. The van der Waals surface area contributed by atoms with E-state index in [9.17, 15) is 9.59 Å². The van der Waals surface area contributed by atoms with Crippen molar-refractivity contribution in [1.82, 2.24) is 19.9 Å². The third-order valence-corrected chi connectivity index (χ3v) is 7.83. The van der Waals surface area contributed by atoms with Gasteiger partial charge in [0.25, 0.3) is 11.8 Å². The Kier molecular flexibility index (Phi) is 9.90. The summed E-state index contributed by atoms with van der Waals surface area (Å²) in [5, 5.41) is 4.23. The smallest absolute Gasteiger partial charge is 0.254 e. The Morgan fingerprint density at radius 2 is 1.50 bits per heavy atom. The molecule has 2 heterocycles. The topological polar surface area (TPSA) is 88.8 Å². The number of aromatic nitrogens is 2. The highest BCUT2D eigenvalue weighted by atomic mass is 16.5. The van der Waals surface area contributed by atoms with Crippen molar-refractivity contribution in [3.05, 3.63) is 119 Å². The summed E-state index contributed by atoms with van der Waals surface area (Å²) in [4.78, 5) is 35.1. The molecule has 2 atom stereocenters. The summed E-state index contributed by atoms with van der Waals surface area (Å²) >= 11 is 0. The van der Waals surface area contributed by atoms with Crippen LogP contribution in [0.25, 0.3) is 0 Å². The van der Waals surface area contributed by atoms with E-state index in [1.807, 2.05) is 57.2 Å². The van der Waals surface area contributed by atoms with E-state index in [-0.39, 0.29) is 23.5 Å². The Hall–Kier alpha value is -4.30. The van der Waals surface area contributed by atoms with E-state index >= 15 is 0 Å². The molecule has 4 aromatic rings.